The van der Waals surface area contributed by atoms with Crippen molar-refractivity contribution >= 4 is 21.8 Å². The van der Waals surface area contributed by atoms with E-state index in [0.29, 0.717) is 0 Å². The maximum Gasteiger partial charge on any atom is 0.254 e. The van der Waals surface area contributed by atoms with Crippen LogP contribution in [0, 0.1) is 5.82 Å². The fraction of sp³-hybridized carbons (Fsp3) is 0.133. The van der Waals surface area contributed by atoms with Crippen LogP contribution >= 0.6 is 15.9 Å². The molecule has 0 heterocycles. The van der Waals surface area contributed by atoms with Crippen LogP contribution < -0.4 is 5.32 Å². The highest BCUT2D eigenvalue weighted by Gasteiger charge is 2.15. The molecule has 2 aromatic carbocycles. The Labute approximate surface area is 119 Å². The van der Waals surface area contributed by atoms with E-state index >= 15 is 0 Å². The first-order chi connectivity index (χ1) is 9.09. The molecule has 1 amide bonds. The van der Waals surface area contributed by atoms with Crippen LogP contribution in [-0.4, -0.2) is 5.91 Å². The van der Waals surface area contributed by atoms with E-state index in [-0.39, 0.29) is 11.6 Å². The number of hydrogen-bond acceptors (Lipinski definition) is 1. The van der Waals surface area contributed by atoms with Crippen LogP contribution in [0.3, 0.4) is 0 Å². The second-order valence-corrected chi connectivity index (χ2v) is 5.05. The van der Waals surface area contributed by atoms with Crippen LogP contribution in [0.15, 0.2) is 53.0 Å². The van der Waals surface area contributed by atoms with Crippen molar-refractivity contribution in [2.75, 3.05) is 0 Å². The zero-order valence-electron chi connectivity index (χ0n) is 10.4. The van der Waals surface area contributed by atoms with Crippen molar-refractivity contribution in [1.82, 2.24) is 5.32 Å². The summed E-state index contributed by atoms with van der Waals surface area (Å²) in [6, 6.07) is 13.4. The van der Waals surface area contributed by atoms with Gasteiger partial charge in [-0.2, -0.15) is 0 Å². The van der Waals surface area contributed by atoms with E-state index < -0.39 is 11.7 Å². The monoisotopic (exact) mass is 321 g/mol. The van der Waals surface area contributed by atoms with Gasteiger partial charge in [0.2, 0.25) is 0 Å². The Morgan fingerprint density at radius 3 is 2.47 bits per heavy atom. The fourth-order valence-corrected chi connectivity index (χ4v) is 2.45. The van der Waals surface area contributed by atoms with Gasteiger partial charge in [0.15, 0.2) is 0 Å². The van der Waals surface area contributed by atoms with Gasteiger partial charge in [-0.1, -0.05) is 46.3 Å². The van der Waals surface area contributed by atoms with Crippen LogP contribution in [-0.2, 0) is 0 Å². The molecule has 0 unspecified atom stereocenters. The number of rotatable bonds is 3. The summed E-state index contributed by atoms with van der Waals surface area (Å²) in [5.41, 5.74) is 1.01. The average molecular weight is 322 g/mol. The highest BCUT2D eigenvalue weighted by atomic mass is 79.9. The molecule has 1 atom stereocenters. The Kier molecular flexibility index (Phi) is 4.32. The molecule has 2 aromatic rings. The number of amides is 1. The molecule has 98 valence electrons. The summed E-state index contributed by atoms with van der Waals surface area (Å²) in [4.78, 5) is 12.0. The van der Waals surface area contributed by atoms with Crippen molar-refractivity contribution in [3.8, 4) is 0 Å². The van der Waals surface area contributed by atoms with E-state index in [1.54, 1.807) is 12.1 Å². The molecule has 0 bridgehead atoms. The molecule has 0 aliphatic heterocycles. The first-order valence-electron chi connectivity index (χ1n) is 5.89. The lowest BCUT2D eigenvalue weighted by molar-refractivity contribution is 0.0935. The number of carbonyl (C=O) groups is 1. The zero-order chi connectivity index (χ0) is 13.8. The van der Waals surface area contributed by atoms with E-state index in [0.717, 1.165) is 10.0 Å². The summed E-state index contributed by atoms with van der Waals surface area (Å²) >= 11 is 3.43. The van der Waals surface area contributed by atoms with Gasteiger partial charge in [0.1, 0.15) is 5.82 Å². The minimum absolute atomic E-state index is 0.0569. The number of nitrogens with one attached hydrogen (secondary N) is 1. The maximum atomic E-state index is 13.5. The van der Waals surface area contributed by atoms with Gasteiger partial charge in [-0.25, -0.2) is 4.39 Å². The van der Waals surface area contributed by atoms with Crippen molar-refractivity contribution in [2.45, 2.75) is 13.0 Å². The summed E-state index contributed by atoms with van der Waals surface area (Å²) in [6.07, 6.45) is 0. The van der Waals surface area contributed by atoms with Crippen molar-refractivity contribution in [3.05, 3.63) is 69.9 Å². The standard InChI is InChI=1S/C15H13BrFNO/c1-10(11-6-2-4-8-13(11)16)18-15(19)12-7-3-5-9-14(12)17/h2-10H,1H3,(H,18,19)/t10-/m0/s1. The first kappa shape index (κ1) is 13.7. The van der Waals surface area contributed by atoms with Crippen LogP contribution in [0.4, 0.5) is 4.39 Å². The maximum absolute atomic E-state index is 13.5. The number of hydrogen-bond donors (Lipinski definition) is 1. The van der Waals surface area contributed by atoms with Gasteiger partial charge in [-0.3, -0.25) is 4.79 Å². The van der Waals surface area contributed by atoms with Gasteiger partial charge in [0.25, 0.3) is 5.91 Å². The summed E-state index contributed by atoms with van der Waals surface area (Å²) in [6.45, 7) is 1.86. The molecular formula is C15H13BrFNO. The van der Waals surface area contributed by atoms with Crippen LogP contribution in [0.2, 0.25) is 0 Å². The summed E-state index contributed by atoms with van der Waals surface area (Å²) < 4.78 is 14.4. The van der Waals surface area contributed by atoms with Crippen LogP contribution in [0.5, 0.6) is 0 Å². The van der Waals surface area contributed by atoms with Gasteiger partial charge < -0.3 is 5.32 Å². The van der Waals surface area contributed by atoms with E-state index in [1.165, 1.54) is 12.1 Å². The third-order valence-electron chi connectivity index (χ3n) is 2.84. The van der Waals surface area contributed by atoms with Crippen molar-refractivity contribution in [3.63, 3.8) is 0 Å². The fourth-order valence-electron chi connectivity index (χ4n) is 1.82. The summed E-state index contributed by atoms with van der Waals surface area (Å²) in [5.74, 6) is -0.930. The topological polar surface area (TPSA) is 29.1 Å². The van der Waals surface area contributed by atoms with Crippen molar-refractivity contribution < 1.29 is 9.18 Å². The molecule has 19 heavy (non-hydrogen) atoms. The van der Waals surface area contributed by atoms with Gasteiger partial charge in [-0.05, 0) is 30.7 Å². The molecule has 2 rings (SSSR count). The molecule has 1 N–H and O–H groups in total. The quantitative estimate of drug-likeness (QED) is 0.906. The van der Waals surface area contributed by atoms with Crippen LogP contribution in [0.1, 0.15) is 28.9 Å². The van der Waals surface area contributed by atoms with E-state index in [4.69, 9.17) is 0 Å². The molecule has 0 radical (unpaired) electrons. The highest BCUT2D eigenvalue weighted by Crippen LogP contribution is 2.23. The Morgan fingerprint density at radius 1 is 1.16 bits per heavy atom. The summed E-state index contributed by atoms with van der Waals surface area (Å²) in [7, 11) is 0. The Hall–Kier alpha value is -1.68. The number of benzene rings is 2. The zero-order valence-corrected chi connectivity index (χ0v) is 11.9. The molecule has 0 spiro atoms. The van der Waals surface area contributed by atoms with Gasteiger partial charge >= 0.3 is 0 Å². The van der Waals surface area contributed by atoms with Gasteiger partial charge in [0, 0.05) is 4.47 Å². The SMILES string of the molecule is C[C@H](NC(=O)c1ccccc1F)c1ccccc1Br. The molecule has 0 aromatic heterocycles. The third kappa shape index (κ3) is 3.20. The summed E-state index contributed by atoms with van der Waals surface area (Å²) in [5, 5.41) is 2.79. The predicted molar refractivity (Wildman–Crippen MR) is 76.4 cm³/mol. The Morgan fingerprint density at radius 2 is 1.79 bits per heavy atom. The van der Waals surface area contributed by atoms with Crippen molar-refractivity contribution in [1.29, 1.82) is 0 Å². The second kappa shape index (κ2) is 5.97. The number of carbonyl (C=O) groups excluding carboxylic acids is 1. The lowest BCUT2D eigenvalue weighted by atomic mass is 10.1. The Bertz CT molecular complexity index is 600. The molecule has 2 nitrogen and oxygen atoms in total. The average Bonchev–Trinajstić information content (AvgIpc) is 2.39. The van der Waals surface area contributed by atoms with Crippen LogP contribution in [0.25, 0.3) is 0 Å². The molecule has 0 saturated heterocycles. The molecule has 0 aliphatic rings. The number of halogens is 2. The Balaban J connectivity index is 2.16. The molecule has 0 saturated carbocycles. The molecular weight excluding hydrogens is 309 g/mol. The normalized spacial score (nSPS) is 11.9. The van der Waals surface area contributed by atoms with E-state index in [1.807, 2.05) is 31.2 Å². The lowest BCUT2D eigenvalue weighted by Gasteiger charge is -2.16. The van der Waals surface area contributed by atoms with Gasteiger partial charge in [-0.15, -0.1) is 0 Å². The molecule has 4 heteroatoms. The highest BCUT2D eigenvalue weighted by molar-refractivity contribution is 9.10. The third-order valence-corrected chi connectivity index (χ3v) is 3.56. The van der Waals surface area contributed by atoms with Crippen molar-refractivity contribution in [2.24, 2.45) is 0 Å². The largest absolute Gasteiger partial charge is 0.345 e. The predicted octanol–water partition coefficient (Wildman–Crippen LogP) is 4.08. The van der Waals surface area contributed by atoms with Gasteiger partial charge in [0.05, 0.1) is 11.6 Å². The minimum atomic E-state index is -0.515. The second-order valence-electron chi connectivity index (χ2n) is 4.20. The first-order valence-corrected chi connectivity index (χ1v) is 6.68. The van der Waals surface area contributed by atoms with E-state index in [9.17, 15) is 9.18 Å². The molecule has 0 fully saturated rings. The lowest BCUT2D eigenvalue weighted by Crippen LogP contribution is -2.27. The minimum Gasteiger partial charge on any atom is -0.345 e. The van der Waals surface area contributed by atoms with E-state index in [2.05, 4.69) is 21.2 Å². The smallest absolute Gasteiger partial charge is 0.254 e. The molecule has 0 aliphatic carbocycles.